The third-order valence-corrected chi connectivity index (χ3v) is 6.54. The van der Waals surface area contributed by atoms with Crippen molar-refractivity contribution in [3.05, 3.63) is 62.5 Å². The molecule has 1 saturated heterocycles. The fourth-order valence-corrected chi connectivity index (χ4v) is 4.90. The minimum Gasteiger partial charge on any atom is -0.461 e. The number of carbonyl (C=O) groups excluding carboxylic acids is 1. The van der Waals surface area contributed by atoms with Gasteiger partial charge in [0.15, 0.2) is 5.70 Å². The predicted molar refractivity (Wildman–Crippen MR) is 104 cm³/mol. The molecule has 0 aliphatic carbocycles. The maximum atomic E-state index is 14.3. The highest BCUT2D eigenvalue weighted by atomic mass is 19.4. The molecule has 166 valence electrons. The molecule has 3 aliphatic heterocycles. The van der Waals surface area contributed by atoms with E-state index in [4.69, 9.17) is 4.74 Å². The number of ether oxygens (including phenoxy) is 1. The minimum absolute atomic E-state index is 0.0563. The Morgan fingerprint density at radius 3 is 2.39 bits per heavy atom. The number of nitrogens with zero attached hydrogens (tertiary/aromatic N) is 3. The van der Waals surface area contributed by atoms with Crippen molar-refractivity contribution < 1.29 is 27.6 Å². The Hall–Kier alpha value is -3.04. The molecule has 0 aromatic heterocycles. The molecule has 0 radical (unpaired) electrons. The van der Waals surface area contributed by atoms with Crippen molar-refractivity contribution in [3.8, 4) is 0 Å². The highest BCUT2D eigenvalue weighted by Gasteiger charge is 2.65. The van der Waals surface area contributed by atoms with E-state index in [0.717, 1.165) is 11.3 Å². The fourth-order valence-electron chi connectivity index (χ4n) is 4.90. The van der Waals surface area contributed by atoms with E-state index in [9.17, 15) is 28.1 Å². The van der Waals surface area contributed by atoms with Gasteiger partial charge in [0.05, 0.1) is 29.2 Å². The summed E-state index contributed by atoms with van der Waals surface area (Å²) >= 11 is 0. The number of benzene rings is 1. The smallest absolute Gasteiger partial charge is 0.417 e. The summed E-state index contributed by atoms with van der Waals surface area (Å²) in [5, 5.41) is 14.0. The Kier molecular flexibility index (Phi) is 4.60. The van der Waals surface area contributed by atoms with Crippen LogP contribution in [-0.2, 0) is 9.53 Å². The monoisotopic (exact) mass is 437 g/mol. The second-order valence-corrected chi connectivity index (χ2v) is 8.43. The molecule has 1 aromatic rings. The Balaban J connectivity index is 1.91. The first-order valence-electron chi connectivity index (χ1n) is 9.92. The van der Waals surface area contributed by atoms with Crippen molar-refractivity contribution in [2.24, 2.45) is 5.41 Å². The largest absolute Gasteiger partial charge is 0.461 e. The Labute approximate surface area is 176 Å². The molecule has 0 unspecified atom stereocenters. The molecule has 0 bridgehead atoms. The molecule has 0 amide bonds. The lowest BCUT2D eigenvalue weighted by Crippen LogP contribution is -2.42. The first-order valence-corrected chi connectivity index (χ1v) is 9.92. The van der Waals surface area contributed by atoms with Crippen LogP contribution in [0.4, 0.5) is 18.9 Å². The van der Waals surface area contributed by atoms with Gasteiger partial charge in [-0.3, -0.25) is 20.1 Å². The Morgan fingerprint density at radius 2 is 1.87 bits per heavy atom. The topological polar surface area (TPSA) is 75.9 Å². The minimum atomic E-state index is -4.73. The number of nitro groups is 1. The van der Waals surface area contributed by atoms with Crippen LogP contribution >= 0.6 is 0 Å². The maximum absolute atomic E-state index is 14.3. The molecule has 1 aromatic carbocycles. The van der Waals surface area contributed by atoms with E-state index < -0.39 is 45.8 Å². The summed E-state index contributed by atoms with van der Waals surface area (Å²) in [5.74, 6) is -1.02. The average Bonchev–Trinajstić information content (AvgIpc) is 3.28. The summed E-state index contributed by atoms with van der Waals surface area (Å²) in [6, 6.07) is 3.99. The second kappa shape index (κ2) is 6.73. The summed E-state index contributed by atoms with van der Waals surface area (Å²) in [5.41, 5.74) is -0.212. The van der Waals surface area contributed by atoms with Crippen LogP contribution in [0.1, 0.15) is 45.7 Å². The van der Waals surface area contributed by atoms with E-state index >= 15 is 0 Å². The quantitative estimate of drug-likeness (QED) is 0.388. The van der Waals surface area contributed by atoms with Crippen LogP contribution in [0.15, 0.2) is 46.8 Å². The van der Waals surface area contributed by atoms with Gasteiger partial charge in [0.1, 0.15) is 0 Å². The number of halogens is 3. The van der Waals surface area contributed by atoms with Crippen molar-refractivity contribution in [1.82, 2.24) is 10.0 Å². The number of rotatable bonds is 4. The number of non-ortho nitro benzene ring substituents is 1. The van der Waals surface area contributed by atoms with Gasteiger partial charge in [-0.05, 0) is 25.0 Å². The SMILES string of the molecule is CCOC(=O)C1=C(C(F)(F)F)[C@H]2N3C(=C(C)C2(C)C)C[C@@H](c2ccc([N+](=O)[O-])cc2)N13. The zero-order valence-electron chi connectivity index (χ0n) is 17.5. The standard InChI is InChI=1S/C21H22F3N3O4/c1-5-31-19(28)17-16(21(22,23)24)18-20(3,4)11(2)14-10-15(25(17)26(14)18)12-6-8-13(9-7-12)27(29)30/h6-9,15,18H,5,10H2,1-4H3/t15-,18+/m0/s1. The number of hydrogen-bond acceptors (Lipinski definition) is 6. The van der Waals surface area contributed by atoms with Crippen molar-refractivity contribution in [3.63, 3.8) is 0 Å². The lowest BCUT2D eigenvalue weighted by Gasteiger charge is -2.36. The van der Waals surface area contributed by atoms with Gasteiger partial charge in [0, 0.05) is 29.7 Å². The van der Waals surface area contributed by atoms with E-state index in [1.165, 1.54) is 29.3 Å². The van der Waals surface area contributed by atoms with Gasteiger partial charge in [-0.25, -0.2) is 4.79 Å². The summed E-state index contributed by atoms with van der Waals surface area (Å²) in [6.07, 6.45) is -4.35. The molecule has 0 N–H and O–H groups in total. The molecule has 31 heavy (non-hydrogen) atoms. The summed E-state index contributed by atoms with van der Waals surface area (Å²) < 4.78 is 47.9. The number of carbonyl (C=O) groups is 1. The normalized spacial score (nSPS) is 24.2. The van der Waals surface area contributed by atoms with Gasteiger partial charge in [-0.1, -0.05) is 26.0 Å². The van der Waals surface area contributed by atoms with Gasteiger partial charge < -0.3 is 4.74 Å². The molecule has 4 rings (SSSR count). The highest BCUT2D eigenvalue weighted by Crippen LogP contribution is 2.62. The van der Waals surface area contributed by atoms with Crippen LogP contribution in [0.3, 0.4) is 0 Å². The van der Waals surface area contributed by atoms with Crippen LogP contribution in [0.2, 0.25) is 0 Å². The van der Waals surface area contributed by atoms with E-state index in [2.05, 4.69) is 0 Å². The molecule has 3 heterocycles. The van der Waals surface area contributed by atoms with Crippen LogP contribution in [0.25, 0.3) is 0 Å². The maximum Gasteiger partial charge on any atom is 0.417 e. The first-order chi connectivity index (χ1) is 14.4. The van der Waals surface area contributed by atoms with Gasteiger partial charge in [0.25, 0.3) is 5.69 Å². The highest BCUT2D eigenvalue weighted by molar-refractivity contribution is 5.90. The molecule has 3 aliphatic rings. The van der Waals surface area contributed by atoms with E-state index in [1.807, 2.05) is 6.92 Å². The molecule has 0 spiro atoms. The van der Waals surface area contributed by atoms with Gasteiger partial charge in [-0.15, -0.1) is 0 Å². The van der Waals surface area contributed by atoms with E-state index in [-0.39, 0.29) is 12.3 Å². The molecule has 2 atom stereocenters. The third kappa shape index (κ3) is 2.91. The lowest BCUT2D eigenvalue weighted by atomic mass is 9.77. The molecular weight excluding hydrogens is 415 g/mol. The average molecular weight is 437 g/mol. The van der Waals surface area contributed by atoms with Gasteiger partial charge in [-0.2, -0.15) is 13.2 Å². The Bertz CT molecular complexity index is 1030. The zero-order chi connectivity index (χ0) is 22.9. The number of alkyl halides is 3. The van der Waals surface area contributed by atoms with Crippen LogP contribution in [0, 0.1) is 15.5 Å². The number of nitro benzene ring substituents is 1. The van der Waals surface area contributed by atoms with Crippen LogP contribution in [0.5, 0.6) is 0 Å². The van der Waals surface area contributed by atoms with Crippen molar-refractivity contribution in [2.75, 3.05) is 6.61 Å². The summed E-state index contributed by atoms with van der Waals surface area (Å²) in [4.78, 5) is 23.2. The van der Waals surface area contributed by atoms with Crippen LogP contribution < -0.4 is 0 Å². The van der Waals surface area contributed by atoms with Crippen molar-refractivity contribution >= 4 is 11.7 Å². The van der Waals surface area contributed by atoms with Gasteiger partial charge in [0.2, 0.25) is 0 Å². The fraction of sp³-hybridized carbons (Fsp3) is 0.476. The van der Waals surface area contributed by atoms with Crippen molar-refractivity contribution in [2.45, 2.75) is 52.4 Å². The number of hydrogen-bond donors (Lipinski definition) is 0. The van der Waals surface area contributed by atoms with Crippen LogP contribution in [-0.4, -0.2) is 39.7 Å². The Morgan fingerprint density at radius 1 is 1.26 bits per heavy atom. The number of hydrazine groups is 1. The molecule has 1 fully saturated rings. The predicted octanol–water partition coefficient (Wildman–Crippen LogP) is 4.63. The molecular formula is C21H22F3N3O4. The zero-order valence-corrected chi connectivity index (χ0v) is 17.5. The summed E-state index contributed by atoms with van der Waals surface area (Å²) in [6.45, 7) is 6.80. The van der Waals surface area contributed by atoms with Gasteiger partial charge >= 0.3 is 12.1 Å². The molecule has 10 heteroatoms. The lowest BCUT2D eigenvalue weighted by molar-refractivity contribution is -0.384. The third-order valence-electron chi connectivity index (χ3n) is 6.54. The van der Waals surface area contributed by atoms with Crippen molar-refractivity contribution in [1.29, 1.82) is 0 Å². The summed E-state index contributed by atoms with van der Waals surface area (Å²) in [7, 11) is 0. The first kappa shape index (κ1) is 21.2. The molecule has 7 nitrogen and oxygen atoms in total. The van der Waals surface area contributed by atoms with E-state index in [0.29, 0.717) is 12.0 Å². The van der Waals surface area contributed by atoms with E-state index in [1.54, 1.807) is 25.8 Å². The molecule has 0 saturated carbocycles. The second-order valence-electron chi connectivity index (χ2n) is 8.43. The number of esters is 1.